The van der Waals surface area contributed by atoms with E-state index in [1.54, 1.807) is 72.8 Å². The maximum Gasteiger partial charge on any atom is 0.257 e. The molecule has 0 spiro atoms. The first-order valence-corrected chi connectivity index (χ1v) is 11.0. The zero-order valence-electron chi connectivity index (χ0n) is 18.7. The Morgan fingerprint density at radius 1 is 0.971 bits per heavy atom. The number of benzene rings is 3. The van der Waals surface area contributed by atoms with Gasteiger partial charge in [-0.05, 0) is 42.0 Å². The molecule has 1 fully saturated rings. The van der Waals surface area contributed by atoms with E-state index in [9.17, 15) is 14.4 Å². The number of ether oxygens (including phenoxy) is 2. The van der Waals surface area contributed by atoms with Gasteiger partial charge >= 0.3 is 0 Å². The van der Waals surface area contributed by atoms with Crippen LogP contribution in [0.25, 0.3) is 0 Å². The lowest BCUT2D eigenvalue weighted by molar-refractivity contribution is -0.122. The first-order valence-electron chi connectivity index (χ1n) is 10.6. The molecule has 1 heterocycles. The summed E-state index contributed by atoms with van der Waals surface area (Å²) in [6.07, 6.45) is -0.128. The van der Waals surface area contributed by atoms with Crippen LogP contribution in [-0.4, -0.2) is 42.9 Å². The molecule has 0 bridgehead atoms. The van der Waals surface area contributed by atoms with Gasteiger partial charge < -0.3 is 14.4 Å². The van der Waals surface area contributed by atoms with Crippen molar-refractivity contribution in [3.8, 4) is 11.5 Å². The zero-order chi connectivity index (χ0) is 24.2. The second kappa shape index (κ2) is 9.97. The number of anilines is 1. The molecular weight excluding hydrogens is 456 g/mol. The predicted molar refractivity (Wildman–Crippen MR) is 128 cm³/mol. The van der Waals surface area contributed by atoms with Gasteiger partial charge in [0.2, 0.25) is 5.91 Å². The average molecular weight is 479 g/mol. The normalized spacial score (nSPS) is 15.4. The molecule has 0 aliphatic carbocycles. The predicted octanol–water partition coefficient (Wildman–Crippen LogP) is 4.33. The molecule has 3 aromatic carbocycles. The Bertz CT molecular complexity index is 1230. The molecule has 3 aromatic rings. The summed E-state index contributed by atoms with van der Waals surface area (Å²) < 4.78 is 10.6. The zero-order valence-corrected chi connectivity index (χ0v) is 19.5. The Morgan fingerprint density at radius 2 is 1.65 bits per heavy atom. The topological polar surface area (TPSA) is 76.2 Å². The van der Waals surface area contributed by atoms with Crippen LogP contribution in [0.3, 0.4) is 0 Å². The van der Waals surface area contributed by atoms with E-state index in [2.05, 4.69) is 0 Å². The lowest BCUT2D eigenvalue weighted by Crippen LogP contribution is -2.45. The van der Waals surface area contributed by atoms with E-state index >= 15 is 0 Å². The highest BCUT2D eigenvalue weighted by atomic mass is 35.5. The molecule has 34 heavy (non-hydrogen) atoms. The van der Waals surface area contributed by atoms with E-state index in [0.29, 0.717) is 33.3 Å². The fourth-order valence-electron chi connectivity index (χ4n) is 3.98. The quantitative estimate of drug-likeness (QED) is 0.472. The third-order valence-electron chi connectivity index (χ3n) is 5.70. The smallest absolute Gasteiger partial charge is 0.257 e. The molecule has 3 amide bonds. The molecule has 1 atom stereocenters. The van der Waals surface area contributed by atoms with Crippen molar-refractivity contribution >= 4 is 35.0 Å². The number of imide groups is 1. The van der Waals surface area contributed by atoms with Crippen molar-refractivity contribution in [2.45, 2.75) is 19.0 Å². The molecule has 0 aromatic heterocycles. The standard InChI is InChI=1S/C26H23ClN2O5/c1-33-22-13-12-17(14-23(22)34-2)25(31)28(16-18-8-6-7-11-20(18)27)21-15-24(30)29(26(21)32)19-9-4-3-5-10-19/h3-14,21H,15-16H2,1-2H3. The molecule has 0 saturated carbocycles. The summed E-state index contributed by atoms with van der Waals surface area (Å²) in [6, 6.07) is 19.6. The molecule has 8 heteroatoms. The van der Waals surface area contributed by atoms with Crippen LogP contribution in [0.1, 0.15) is 22.3 Å². The third-order valence-corrected chi connectivity index (χ3v) is 6.07. The van der Waals surface area contributed by atoms with Crippen LogP contribution in [0.5, 0.6) is 11.5 Å². The van der Waals surface area contributed by atoms with Crippen molar-refractivity contribution in [3.63, 3.8) is 0 Å². The Kier molecular flexibility index (Phi) is 6.84. The fraction of sp³-hybridized carbons (Fsp3) is 0.192. The number of para-hydroxylation sites is 1. The number of rotatable bonds is 7. The van der Waals surface area contributed by atoms with Crippen molar-refractivity contribution in [1.82, 2.24) is 4.90 Å². The van der Waals surface area contributed by atoms with Gasteiger partial charge in [0.15, 0.2) is 11.5 Å². The SMILES string of the molecule is COc1ccc(C(=O)N(Cc2ccccc2Cl)C2CC(=O)N(c3ccccc3)C2=O)cc1OC. The molecule has 7 nitrogen and oxygen atoms in total. The molecule has 174 valence electrons. The van der Waals surface area contributed by atoms with E-state index in [1.807, 2.05) is 0 Å². The van der Waals surface area contributed by atoms with Crippen LogP contribution in [-0.2, 0) is 16.1 Å². The summed E-state index contributed by atoms with van der Waals surface area (Å²) in [5.41, 5.74) is 1.43. The minimum atomic E-state index is -0.982. The Hall–Kier alpha value is -3.84. The number of hydrogen-bond acceptors (Lipinski definition) is 5. The van der Waals surface area contributed by atoms with Crippen molar-refractivity contribution in [1.29, 1.82) is 0 Å². The van der Waals surface area contributed by atoms with Crippen molar-refractivity contribution < 1.29 is 23.9 Å². The van der Waals surface area contributed by atoms with Crippen LogP contribution < -0.4 is 14.4 Å². The largest absolute Gasteiger partial charge is 0.493 e. The van der Waals surface area contributed by atoms with Crippen LogP contribution in [0, 0.1) is 0 Å². The van der Waals surface area contributed by atoms with Gasteiger partial charge in [0.25, 0.3) is 11.8 Å². The average Bonchev–Trinajstić information content (AvgIpc) is 3.16. The Morgan fingerprint density at radius 3 is 2.32 bits per heavy atom. The summed E-state index contributed by atoms with van der Waals surface area (Å²) in [7, 11) is 2.98. The van der Waals surface area contributed by atoms with Gasteiger partial charge in [-0.15, -0.1) is 0 Å². The van der Waals surface area contributed by atoms with Crippen molar-refractivity contribution in [2.75, 3.05) is 19.1 Å². The molecule has 0 radical (unpaired) electrons. The van der Waals surface area contributed by atoms with Gasteiger partial charge in [-0.2, -0.15) is 0 Å². The van der Waals surface area contributed by atoms with Crippen LogP contribution in [0.15, 0.2) is 72.8 Å². The molecule has 1 unspecified atom stereocenters. The maximum absolute atomic E-state index is 13.7. The highest BCUT2D eigenvalue weighted by Crippen LogP contribution is 2.31. The number of methoxy groups -OCH3 is 2. The third kappa shape index (κ3) is 4.47. The highest BCUT2D eigenvalue weighted by molar-refractivity contribution is 6.31. The van der Waals surface area contributed by atoms with Gasteiger partial charge in [-0.1, -0.05) is 48.0 Å². The van der Waals surface area contributed by atoms with Crippen LogP contribution in [0.2, 0.25) is 5.02 Å². The Balaban J connectivity index is 1.73. The summed E-state index contributed by atoms with van der Waals surface area (Å²) in [5.74, 6) is -0.408. The van der Waals surface area contributed by atoms with E-state index in [0.717, 1.165) is 4.90 Å². The number of hydrogen-bond donors (Lipinski definition) is 0. The van der Waals surface area contributed by atoms with Gasteiger partial charge in [0.1, 0.15) is 6.04 Å². The second-order valence-electron chi connectivity index (χ2n) is 7.72. The van der Waals surface area contributed by atoms with Crippen LogP contribution >= 0.6 is 11.6 Å². The van der Waals surface area contributed by atoms with Crippen molar-refractivity contribution in [2.24, 2.45) is 0 Å². The monoisotopic (exact) mass is 478 g/mol. The molecule has 1 saturated heterocycles. The molecule has 0 N–H and O–H groups in total. The van der Waals surface area contributed by atoms with Crippen molar-refractivity contribution in [3.05, 3.63) is 88.9 Å². The summed E-state index contributed by atoms with van der Waals surface area (Å²) >= 11 is 6.37. The van der Waals surface area contributed by atoms with E-state index < -0.39 is 17.9 Å². The second-order valence-corrected chi connectivity index (χ2v) is 8.12. The lowest BCUT2D eigenvalue weighted by Gasteiger charge is -2.28. The van der Waals surface area contributed by atoms with E-state index in [4.69, 9.17) is 21.1 Å². The summed E-state index contributed by atoms with van der Waals surface area (Å²) in [6.45, 7) is 0.0547. The van der Waals surface area contributed by atoms with Gasteiger partial charge in [-0.25, -0.2) is 4.90 Å². The Labute approximate surface area is 202 Å². The minimum absolute atomic E-state index is 0.0547. The van der Waals surface area contributed by atoms with E-state index in [1.165, 1.54) is 19.1 Å². The van der Waals surface area contributed by atoms with Crippen LogP contribution in [0.4, 0.5) is 5.69 Å². The summed E-state index contributed by atoms with van der Waals surface area (Å²) in [4.78, 5) is 42.5. The fourth-order valence-corrected chi connectivity index (χ4v) is 4.17. The number of carbonyl (C=O) groups is 3. The van der Waals surface area contributed by atoms with Gasteiger partial charge in [0.05, 0.1) is 26.3 Å². The minimum Gasteiger partial charge on any atom is -0.493 e. The van der Waals surface area contributed by atoms with Gasteiger partial charge in [-0.3, -0.25) is 14.4 Å². The first-order chi connectivity index (χ1) is 16.4. The maximum atomic E-state index is 13.7. The molecule has 4 rings (SSSR count). The van der Waals surface area contributed by atoms with E-state index in [-0.39, 0.29) is 18.9 Å². The lowest BCUT2D eigenvalue weighted by atomic mass is 10.1. The van der Waals surface area contributed by atoms with Gasteiger partial charge in [0, 0.05) is 17.1 Å². The number of amides is 3. The summed E-state index contributed by atoms with van der Waals surface area (Å²) in [5, 5.41) is 0.462. The molecule has 1 aliphatic heterocycles. The first kappa shape index (κ1) is 23.3. The number of halogens is 1. The molecule has 1 aliphatic rings. The highest BCUT2D eigenvalue weighted by Gasteiger charge is 2.44. The number of nitrogens with zero attached hydrogens (tertiary/aromatic N) is 2. The number of carbonyl (C=O) groups excluding carboxylic acids is 3. The molecular formula is C26H23ClN2O5.